The molecule has 2 aliphatic carbocycles. The van der Waals surface area contributed by atoms with E-state index in [0.29, 0.717) is 17.9 Å². The third-order valence-electron chi connectivity index (χ3n) is 4.28. The van der Waals surface area contributed by atoms with Gasteiger partial charge in [-0.1, -0.05) is 6.42 Å². The lowest BCUT2D eigenvalue weighted by molar-refractivity contribution is -0.129. The highest BCUT2D eigenvalue weighted by molar-refractivity contribution is 5.85. The van der Waals surface area contributed by atoms with Crippen LogP contribution in [0.15, 0.2) is 0 Å². The molecule has 2 rings (SSSR count). The average molecular weight is 275 g/mol. The minimum Gasteiger partial charge on any atom is -0.351 e. The molecule has 3 N–H and O–H groups in total. The van der Waals surface area contributed by atoms with Gasteiger partial charge in [-0.25, -0.2) is 0 Å². The predicted octanol–water partition coefficient (Wildman–Crippen LogP) is 2.48. The van der Waals surface area contributed by atoms with Crippen LogP contribution in [-0.4, -0.2) is 17.5 Å². The molecular weight excluding hydrogens is 248 g/mol. The molecule has 18 heavy (non-hydrogen) atoms. The Hall–Kier alpha value is -0.280. The number of nitrogens with two attached hydrogens (primary N) is 1. The molecule has 0 aromatic heterocycles. The van der Waals surface area contributed by atoms with Gasteiger partial charge in [-0.15, -0.1) is 12.4 Å². The number of carbonyl (C=O) groups excluding carboxylic acids is 1. The van der Waals surface area contributed by atoms with Crippen LogP contribution in [0.25, 0.3) is 0 Å². The summed E-state index contributed by atoms with van der Waals surface area (Å²) in [5.74, 6) is 1.60. The summed E-state index contributed by atoms with van der Waals surface area (Å²) in [7, 11) is 0. The number of nitrogens with one attached hydrogen (secondary N) is 1. The fraction of sp³-hybridized carbons (Fsp3) is 0.929. The monoisotopic (exact) mass is 274 g/mol. The normalized spacial score (nSPS) is 35.6. The zero-order chi connectivity index (χ0) is 12.6. The van der Waals surface area contributed by atoms with E-state index >= 15 is 0 Å². The van der Waals surface area contributed by atoms with Gasteiger partial charge in [0, 0.05) is 17.5 Å². The summed E-state index contributed by atoms with van der Waals surface area (Å²) < 4.78 is 0. The number of fused-ring (bicyclic) bond motifs is 2. The summed E-state index contributed by atoms with van der Waals surface area (Å²) in [6, 6.07) is 0.349. The molecule has 0 aromatic rings. The molecule has 2 saturated carbocycles. The standard InChI is InChI=1S/C14H26N2O.ClH/c1-14(2,3)16-13(17)11-7-9-5-4-6-10(8-11)12(9)15;/h9-12H,4-8,15H2,1-3H3,(H,16,17);1H. The summed E-state index contributed by atoms with van der Waals surface area (Å²) in [5.41, 5.74) is 6.12. The SMILES string of the molecule is CC(C)(C)NC(=O)C1CC2CCCC(C1)C2N.Cl. The first-order chi connectivity index (χ1) is 7.87. The first-order valence-corrected chi connectivity index (χ1v) is 6.94. The van der Waals surface area contributed by atoms with Crippen LogP contribution in [-0.2, 0) is 4.79 Å². The Balaban J connectivity index is 0.00000162. The summed E-state index contributed by atoms with van der Waals surface area (Å²) in [6.45, 7) is 6.13. The van der Waals surface area contributed by atoms with Crippen molar-refractivity contribution in [3.05, 3.63) is 0 Å². The lowest BCUT2D eigenvalue weighted by atomic mass is 9.65. The lowest BCUT2D eigenvalue weighted by Gasteiger charge is -2.44. The minimum atomic E-state index is -0.119. The molecule has 3 nitrogen and oxygen atoms in total. The molecule has 2 atom stereocenters. The van der Waals surface area contributed by atoms with Gasteiger partial charge in [0.25, 0.3) is 0 Å². The highest BCUT2D eigenvalue weighted by Gasteiger charge is 2.40. The highest BCUT2D eigenvalue weighted by Crippen LogP contribution is 2.41. The van der Waals surface area contributed by atoms with Crippen LogP contribution in [0.2, 0.25) is 0 Å². The Morgan fingerprint density at radius 3 is 2.11 bits per heavy atom. The van der Waals surface area contributed by atoms with E-state index in [-0.39, 0.29) is 29.8 Å². The molecule has 2 aliphatic rings. The van der Waals surface area contributed by atoms with Gasteiger partial charge >= 0.3 is 0 Å². The molecule has 2 fully saturated rings. The Morgan fingerprint density at radius 1 is 1.17 bits per heavy atom. The van der Waals surface area contributed by atoms with E-state index in [1.165, 1.54) is 19.3 Å². The molecule has 0 radical (unpaired) electrons. The van der Waals surface area contributed by atoms with E-state index in [4.69, 9.17) is 5.73 Å². The van der Waals surface area contributed by atoms with Gasteiger partial charge in [-0.05, 0) is 58.3 Å². The topological polar surface area (TPSA) is 55.1 Å². The van der Waals surface area contributed by atoms with Gasteiger partial charge < -0.3 is 11.1 Å². The van der Waals surface area contributed by atoms with Gasteiger partial charge in [0.1, 0.15) is 0 Å². The second-order valence-electron chi connectivity index (χ2n) is 6.94. The average Bonchev–Trinajstić information content (AvgIpc) is 2.13. The first kappa shape index (κ1) is 15.8. The van der Waals surface area contributed by atoms with Crippen LogP contribution in [0.1, 0.15) is 52.9 Å². The maximum atomic E-state index is 12.2. The van der Waals surface area contributed by atoms with Crippen molar-refractivity contribution in [2.24, 2.45) is 23.5 Å². The van der Waals surface area contributed by atoms with Crippen LogP contribution in [0, 0.1) is 17.8 Å². The van der Waals surface area contributed by atoms with Gasteiger partial charge in [0.15, 0.2) is 0 Å². The molecule has 0 heterocycles. The van der Waals surface area contributed by atoms with Crippen LogP contribution in [0.5, 0.6) is 0 Å². The Labute approximate surface area is 117 Å². The molecule has 1 amide bonds. The summed E-state index contributed by atoms with van der Waals surface area (Å²) in [4.78, 5) is 12.2. The number of rotatable bonds is 1. The summed E-state index contributed by atoms with van der Waals surface area (Å²) >= 11 is 0. The van der Waals surface area contributed by atoms with Gasteiger partial charge in [0.05, 0.1) is 0 Å². The van der Waals surface area contributed by atoms with E-state index in [0.717, 1.165) is 12.8 Å². The van der Waals surface area contributed by atoms with Gasteiger partial charge in [-0.3, -0.25) is 4.79 Å². The van der Waals surface area contributed by atoms with Crippen molar-refractivity contribution in [1.82, 2.24) is 5.32 Å². The van der Waals surface area contributed by atoms with Crippen molar-refractivity contribution in [3.8, 4) is 0 Å². The van der Waals surface area contributed by atoms with Crippen molar-refractivity contribution >= 4 is 18.3 Å². The molecule has 106 valence electrons. The van der Waals surface area contributed by atoms with Crippen molar-refractivity contribution in [1.29, 1.82) is 0 Å². The molecular formula is C14H27ClN2O. The van der Waals surface area contributed by atoms with E-state index in [1.807, 2.05) is 20.8 Å². The molecule has 0 spiro atoms. The second-order valence-corrected chi connectivity index (χ2v) is 6.94. The zero-order valence-corrected chi connectivity index (χ0v) is 12.6. The second kappa shape index (κ2) is 5.79. The van der Waals surface area contributed by atoms with Crippen LogP contribution >= 0.6 is 12.4 Å². The smallest absolute Gasteiger partial charge is 0.223 e. The maximum absolute atomic E-state index is 12.2. The first-order valence-electron chi connectivity index (χ1n) is 6.94. The molecule has 2 unspecified atom stereocenters. The Kier molecular flexibility index (Phi) is 5.07. The predicted molar refractivity (Wildman–Crippen MR) is 76.7 cm³/mol. The third kappa shape index (κ3) is 3.61. The number of hydrogen-bond acceptors (Lipinski definition) is 2. The Bertz CT molecular complexity index is 287. The van der Waals surface area contributed by atoms with Crippen molar-refractivity contribution in [3.63, 3.8) is 0 Å². The number of halogens is 1. The van der Waals surface area contributed by atoms with E-state index in [2.05, 4.69) is 5.32 Å². The molecule has 0 aliphatic heterocycles. The maximum Gasteiger partial charge on any atom is 0.223 e. The molecule has 0 saturated heterocycles. The lowest BCUT2D eigenvalue weighted by Crippen LogP contribution is -2.51. The number of hydrogen-bond donors (Lipinski definition) is 2. The molecule has 2 bridgehead atoms. The Morgan fingerprint density at radius 2 is 1.67 bits per heavy atom. The van der Waals surface area contributed by atoms with Crippen molar-refractivity contribution in [2.45, 2.75) is 64.5 Å². The fourth-order valence-corrected chi connectivity index (χ4v) is 3.47. The fourth-order valence-electron chi connectivity index (χ4n) is 3.47. The highest BCUT2D eigenvalue weighted by atomic mass is 35.5. The number of carbonyl (C=O) groups is 1. The van der Waals surface area contributed by atoms with Crippen LogP contribution in [0.4, 0.5) is 0 Å². The van der Waals surface area contributed by atoms with Crippen LogP contribution in [0.3, 0.4) is 0 Å². The molecule has 0 aromatic carbocycles. The quantitative estimate of drug-likeness (QED) is 0.772. The zero-order valence-electron chi connectivity index (χ0n) is 11.7. The largest absolute Gasteiger partial charge is 0.351 e. The third-order valence-corrected chi connectivity index (χ3v) is 4.28. The number of amides is 1. The molecule has 4 heteroatoms. The van der Waals surface area contributed by atoms with E-state index in [9.17, 15) is 4.79 Å². The minimum absolute atomic E-state index is 0. The van der Waals surface area contributed by atoms with Crippen molar-refractivity contribution < 1.29 is 4.79 Å². The van der Waals surface area contributed by atoms with Crippen molar-refractivity contribution in [2.75, 3.05) is 0 Å². The van der Waals surface area contributed by atoms with Crippen LogP contribution < -0.4 is 11.1 Å². The summed E-state index contributed by atoms with van der Waals surface area (Å²) in [5, 5.41) is 3.11. The van der Waals surface area contributed by atoms with E-state index < -0.39 is 0 Å². The van der Waals surface area contributed by atoms with Gasteiger partial charge in [-0.2, -0.15) is 0 Å². The summed E-state index contributed by atoms with van der Waals surface area (Å²) in [6.07, 6.45) is 5.74. The van der Waals surface area contributed by atoms with Gasteiger partial charge in [0.2, 0.25) is 5.91 Å². The van der Waals surface area contributed by atoms with E-state index in [1.54, 1.807) is 0 Å².